The Morgan fingerprint density at radius 2 is 2.07 bits per heavy atom. The molecule has 2 aromatic rings. The molecule has 1 aromatic carbocycles. The maximum Gasteiger partial charge on any atom is 0.331 e. The zero-order chi connectivity index (χ0) is 19.6. The number of carbonyl (C=O) groups excluding carboxylic acids is 1. The molecule has 0 N–H and O–H groups in total. The first-order valence-electron chi connectivity index (χ1n) is 9.12. The van der Waals surface area contributed by atoms with Gasteiger partial charge in [0.1, 0.15) is 0 Å². The van der Waals surface area contributed by atoms with Gasteiger partial charge in [-0.1, -0.05) is 24.6 Å². The molecule has 1 atom stereocenters. The van der Waals surface area contributed by atoms with Gasteiger partial charge in [0.05, 0.1) is 13.2 Å². The molecule has 0 aliphatic heterocycles. The molecule has 1 aromatic heterocycles. The number of ether oxygens (including phenoxy) is 3. The first kappa shape index (κ1) is 20.5. The molecule has 1 heterocycles. The van der Waals surface area contributed by atoms with Crippen molar-refractivity contribution in [3.05, 3.63) is 41.6 Å². The molecule has 0 fully saturated rings. The molecule has 0 amide bonds. The summed E-state index contributed by atoms with van der Waals surface area (Å²) in [4.78, 5) is 16.0. The van der Waals surface area contributed by atoms with E-state index in [4.69, 9.17) is 18.7 Å². The maximum atomic E-state index is 12.0. The highest BCUT2D eigenvalue weighted by atomic mass is 16.6. The summed E-state index contributed by atoms with van der Waals surface area (Å²) in [6.07, 6.45) is 4.44. The molecule has 27 heavy (non-hydrogen) atoms. The Hall–Kier alpha value is -2.83. The minimum atomic E-state index is -0.614. The molecular weight excluding hydrogens is 348 g/mol. The minimum absolute atomic E-state index is 0.265. The lowest BCUT2D eigenvalue weighted by molar-refractivity contribution is -0.143. The average molecular weight is 374 g/mol. The number of aromatic nitrogens is 2. The predicted octanol–water partition coefficient (Wildman–Crippen LogP) is 4.27. The SMILES string of the molecule is CCCCOc1ccc(/C=C/C(=O)OC(C)c2nc(C)no2)cc1OCC. The Labute approximate surface area is 159 Å². The summed E-state index contributed by atoms with van der Waals surface area (Å²) in [5.74, 6) is 1.61. The van der Waals surface area contributed by atoms with E-state index in [-0.39, 0.29) is 5.89 Å². The van der Waals surface area contributed by atoms with Gasteiger partial charge in [-0.15, -0.1) is 0 Å². The summed E-state index contributed by atoms with van der Waals surface area (Å²) >= 11 is 0. The number of benzene rings is 1. The fourth-order valence-electron chi connectivity index (χ4n) is 2.25. The maximum absolute atomic E-state index is 12.0. The van der Waals surface area contributed by atoms with Crippen LogP contribution >= 0.6 is 0 Å². The van der Waals surface area contributed by atoms with Crippen LogP contribution in [0.2, 0.25) is 0 Å². The first-order chi connectivity index (χ1) is 13.0. The average Bonchev–Trinajstić information content (AvgIpc) is 3.08. The molecule has 0 bridgehead atoms. The highest BCUT2D eigenvalue weighted by Gasteiger charge is 2.16. The molecule has 0 saturated heterocycles. The van der Waals surface area contributed by atoms with Gasteiger partial charge in [-0.05, 0) is 51.0 Å². The number of hydrogen-bond donors (Lipinski definition) is 0. The topological polar surface area (TPSA) is 83.7 Å². The van der Waals surface area contributed by atoms with Crippen molar-refractivity contribution < 1.29 is 23.5 Å². The fourth-order valence-corrected chi connectivity index (χ4v) is 2.25. The van der Waals surface area contributed by atoms with Gasteiger partial charge < -0.3 is 18.7 Å². The molecule has 146 valence electrons. The van der Waals surface area contributed by atoms with Crippen LogP contribution in [0.25, 0.3) is 6.08 Å². The van der Waals surface area contributed by atoms with E-state index in [1.54, 1.807) is 19.9 Å². The lowest BCUT2D eigenvalue weighted by Crippen LogP contribution is -2.06. The number of rotatable bonds is 10. The molecule has 2 rings (SSSR count). The van der Waals surface area contributed by atoms with Crippen LogP contribution in [0.15, 0.2) is 28.8 Å². The standard InChI is InChI=1S/C20H26N2O5/c1-5-7-12-25-17-10-8-16(13-18(17)24-6-2)9-11-19(23)26-14(3)20-21-15(4)22-27-20/h8-11,13-14H,5-7,12H2,1-4H3/b11-9+. The third-order valence-corrected chi connectivity index (χ3v) is 3.62. The predicted molar refractivity (Wildman–Crippen MR) is 101 cm³/mol. The van der Waals surface area contributed by atoms with Crippen molar-refractivity contribution >= 4 is 12.0 Å². The summed E-state index contributed by atoms with van der Waals surface area (Å²) in [7, 11) is 0. The van der Waals surface area contributed by atoms with E-state index in [2.05, 4.69) is 17.1 Å². The Morgan fingerprint density at radius 1 is 1.26 bits per heavy atom. The summed E-state index contributed by atoms with van der Waals surface area (Å²) in [5.41, 5.74) is 0.805. The van der Waals surface area contributed by atoms with Crippen LogP contribution in [0.3, 0.4) is 0 Å². The second-order valence-corrected chi connectivity index (χ2v) is 5.93. The molecule has 7 heteroatoms. The van der Waals surface area contributed by atoms with Crippen LogP contribution in [0.4, 0.5) is 0 Å². The molecule has 7 nitrogen and oxygen atoms in total. The van der Waals surface area contributed by atoms with Gasteiger partial charge >= 0.3 is 5.97 Å². The van der Waals surface area contributed by atoms with Gasteiger partial charge in [0.25, 0.3) is 5.89 Å². The van der Waals surface area contributed by atoms with Crippen molar-refractivity contribution in [2.45, 2.75) is 46.6 Å². The van der Waals surface area contributed by atoms with E-state index in [1.165, 1.54) is 6.08 Å². The monoisotopic (exact) mass is 374 g/mol. The summed E-state index contributed by atoms with van der Waals surface area (Å²) in [6.45, 7) is 8.57. The molecule has 0 radical (unpaired) electrons. The van der Waals surface area contributed by atoms with E-state index >= 15 is 0 Å². The van der Waals surface area contributed by atoms with Gasteiger partial charge in [-0.3, -0.25) is 0 Å². The van der Waals surface area contributed by atoms with E-state index in [1.807, 2.05) is 25.1 Å². The van der Waals surface area contributed by atoms with E-state index in [0.717, 1.165) is 18.4 Å². The summed E-state index contributed by atoms with van der Waals surface area (Å²) in [6, 6.07) is 5.53. The van der Waals surface area contributed by atoms with E-state index in [9.17, 15) is 4.79 Å². The van der Waals surface area contributed by atoms with Crippen LogP contribution in [-0.4, -0.2) is 29.3 Å². The quantitative estimate of drug-likeness (QED) is 0.349. The third-order valence-electron chi connectivity index (χ3n) is 3.62. The Morgan fingerprint density at radius 3 is 2.74 bits per heavy atom. The third kappa shape index (κ3) is 6.44. The summed E-state index contributed by atoms with van der Waals surface area (Å²) < 4.78 is 21.6. The lowest BCUT2D eigenvalue weighted by atomic mass is 10.2. The smallest absolute Gasteiger partial charge is 0.331 e. The normalized spacial score (nSPS) is 12.1. The molecule has 1 unspecified atom stereocenters. The van der Waals surface area contributed by atoms with Crippen LogP contribution in [0.5, 0.6) is 11.5 Å². The van der Waals surface area contributed by atoms with Crippen molar-refractivity contribution in [3.63, 3.8) is 0 Å². The second kappa shape index (κ2) is 10.4. The molecule has 0 aliphatic carbocycles. The van der Waals surface area contributed by atoms with Crippen molar-refractivity contribution in [3.8, 4) is 11.5 Å². The number of unbranched alkanes of at least 4 members (excludes halogenated alkanes) is 1. The second-order valence-electron chi connectivity index (χ2n) is 5.93. The van der Waals surface area contributed by atoms with Gasteiger partial charge in [0, 0.05) is 6.08 Å². The molecular formula is C20H26N2O5. The van der Waals surface area contributed by atoms with Crippen molar-refractivity contribution in [1.29, 1.82) is 0 Å². The van der Waals surface area contributed by atoms with Crippen LogP contribution in [0.1, 0.15) is 57.0 Å². The molecule has 0 saturated carbocycles. The number of aryl methyl sites for hydroxylation is 1. The van der Waals surface area contributed by atoms with E-state index in [0.29, 0.717) is 30.5 Å². The molecule has 0 aliphatic rings. The highest BCUT2D eigenvalue weighted by Crippen LogP contribution is 2.29. The van der Waals surface area contributed by atoms with Crippen LogP contribution < -0.4 is 9.47 Å². The number of hydrogen-bond acceptors (Lipinski definition) is 7. The van der Waals surface area contributed by atoms with Crippen LogP contribution in [-0.2, 0) is 9.53 Å². The number of esters is 1. The Balaban J connectivity index is 2.00. The Bertz CT molecular complexity index is 769. The van der Waals surface area contributed by atoms with Crippen molar-refractivity contribution in [1.82, 2.24) is 10.1 Å². The Kier molecular flexibility index (Phi) is 7.85. The fraction of sp³-hybridized carbons (Fsp3) is 0.450. The number of carbonyl (C=O) groups is 1. The van der Waals surface area contributed by atoms with Crippen LogP contribution in [0, 0.1) is 6.92 Å². The van der Waals surface area contributed by atoms with Crippen molar-refractivity contribution in [2.75, 3.05) is 13.2 Å². The minimum Gasteiger partial charge on any atom is -0.490 e. The van der Waals surface area contributed by atoms with Gasteiger partial charge in [-0.25, -0.2) is 4.79 Å². The van der Waals surface area contributed by atoms with Gasteiger partial charge in [0.2, 0.25) is 0 Å². The lowest BCUT2D eigenvalue weighted by Gasteiger charge is -2.12. The largest absolute Gasteiger partial charge is 0.490 e. The van der Waals surface area contributed by atoms with E-state index < -0.39 is 12.1 Å². The first-order valence-corrected chi connectivity index (χ1v) is 9.12. The van der Waals surface area contributed by atoms with Gasteiger partial charge in [0.15, 0.2) is 23.4 Å². The summed E-state index contributed by atoms with van der Waals surface area (Å²) in [5, 5.41) is 3.68. The zero-order valence-electron chi connectivity index (χ0n) is 16.2. The van der Waals surface area contributed by atoms with Crippen molar-refractivity contribution in [2.24, 2.45) is 0 Å². The number of nitrogens with zero attached hydrogens (tertiary/aromatic N) is 2. The molecule has 0 spiro atoms. The zero-order valence-corrected chi connectivity index (χ0v) is 16.2. The highest BCUT2D eigenvalue weighted by molar-refractivity contribution is 5.87. The van der Waals surface area contributed by atoms with Gasteiger partial charge in [-0.2, -0.15) is 4.98 Å².